The van der Waals surface area contributed by atoms with Gasteiger partial charge in [-0.15, -0.1) is 0 Å². The number of carbonyl (C=O) groups excluding carboxylic acids is 1. The van der Waals surface area contributed by atoms with Crippen LogP contribution < -0.4 is 14.8 Å². The van der Waals surface area contributed by atoms with Gasteiger partial charge in [-0.3, -0.25) is 0 Å². The summed E-state index contributed by atoms with van der Waals surface area (Å²) in [4.78, 5) is 24.3. The van der Waals surface area contributed by atoms with Crippen molar-refractivity contribution in [1.82, 2.24) is 5.32 Å². The number of aliphatic hydroxyl groups excluding tert-OH is 1. The van der Waals surface area contributed by atoms with Gasteiger partial charge < -0.3 is 29.7 Å². The van der Waals surface area contributed by atoms with E-state index in [0.717, 1.165) is 16.7 Å². The van der Waals surface area contributed by atoms with Gasteiger partial charge in [-0.1, -0.05) is 97.1 Å². The van der Waals surface area contributed by atoms with Crippen LogP contribution in [0.4, 0.5) is 4.79 Å². The number of ether oxygens (including phenoxy) is 3. The van der Waals surface area contributed by atoms with Gasteiger partial charge in [0.05, 0.1) is 0 Å². The monoisotopic (exact) mass is 527 g/mol. The Morgan fingerprint density at radius 1 is 0.667 bits per heavy atom. The Bertz CT molecular complexity index is 1350. The Kier molecular flexibility index (Phi) is 9.52. The first-order valence-electron chi connectivity index (χ1n) is 12.3. The number of aliphatic carboxylic acids is 1. The standard InChI is InChI=1S/C31H29NO7/c33-29(28(30(34)35)32-31(36)39-21-24-14-8-3-9-15-24)25-16-17-26(37-19-22-10-4-1-5-11-22)27(18-25)38-20-23-12-6-2-7-13-23/h1-18,28-29,33H,19-21H2,(H,32,36)(H,34,35). The zero-order valence-corrected chi connectivity index (χ0v) is 21.1. The number of amides is 1. The quantitative estimate of drug-likeness (QED) is 0.230. The van der Waals surface area contributed by atoms with Crippen molar-refractivity contribution < 1.29 is 34.0 Å². The number of nitrogens with one attached hydrogen (secondary N) is 1. The molecule has 0 heterocycles. The van der Waals surface area contributed by atoms with Gasteiger partial charge in [-0.25, -0.2) is 9.59 Å². The van der Waals surface area contributed by atoms with Crippen molar-refractivity contribution in [2.24, 2.45) is 0 Å². The van der Waals surface area contributed by atoms with Gasteiger partial charge >= 0.3 is 12.1 Å². The predicted octanol–water partition coefficient (Wildman–Crippen LogP) is 5.26. The van der Waals surface area contributed by atoms with E-state index in [1.165, 1.54) is 12.1 Å². The van der Waals surface area contributed by atoms with Gasteiger partial charge in [0, 0.05) is 0 Å². The van der Waals surface area contributed by atoms with Crippen LogP contribution in [0.3, 0.4) is 0 Å². The van der Waals surface area contributed by atoms with Gasteiger partial charge in [-0.05, 0) is 34.4 Å². The summed E-state index contributed by atoms with van der Waals surface area (Å²) in [6.45, 7) is 0.478. The lowest BCUT2D eigenvalue weighted by Gasteiger charge is -2.22. The van der Waals surface area contributed by atoms with E-state index in [0.29, 0.717) is 11.5 Å². The number of benzene rings is 4. The smallest absolute Gasteiger partial charge is 0.408 e. The molecule has 4 aromatic carbocycles. The molecule has 200 valence electrons. The number of carboxylic acids is 1. The van der Waals surface area contributed by atoms with Crippen LogP contribution in [0.25, 0.3) is 0 Å². The SMILES string of the molecule is O=C(NC(C(=O)O)C(O)c1ccc(OCc2ccccc2)c(OCc2ccccc2)c1)OCc1ccccc1. The third-order valence-corrected chi connectivity index (χ3v) is 5.85. The first kappa shape index (κ1) is 27.2. The summed E-state index contributed by atoms with van der Waals surface area (Å²) in [6, 6.07) is 31.1. The molecule has 0 saturated carbocycles. The van der Waals surface area contributed by atoms with E-state index in [4.69, 9.17) is 14.2 Å². The fraction of sp³-hybridized carbons (Fsp3) is 0.161. The van der Waals surface area contributed by atoms with E-state index < -0.39 is 24.2 Å². The Morgan fingerprint density at radius 2 is 1.15 bits per heavy atom. The number of carboxylic acid groups (broad SMARTS) is 1. The van der Waals surface area contributed by atoms with Crippen molar-refractivity contribution in [3.05, 3.63) is 131 Å². The van der Waals surface area contributed by atoms with Crippen LogP contribution in [-0.4, -0.2) is 28.3 Å². The minimum atomic E-state index is -1.66. The summed E-state index contributed by atoms with van der Waals surface area (Å²) in [5.41, 5.74) is 2.84. The maximum atomic E-state index is 12.3. The molecule has 8 heteroatoms. The molecule has 1 amide bonds. The van der Waals surface area contributed by atoms with E-state index in [1.807, 2.05) is 66.7 Å². The summed E-state index contributed by atoms with van der Waals surface area (Å²) >= 11 is 0. The molecule has 2 unspecified atom stereocenters. The van der Waals surface area contributed by atoms with Crippen molar-refractivity contribution in [1.29, 1.82) is 0 Å². The molecule has 0 aliphatic carbocycles. The second-order valence-corrected chi connectivity index (χ2v) is 8.72. The van der Waals surface area contributed by atoms with Crippen LogP contribution in [0, 0.1) is 0 Å². The van der Waals surface area contributed by atoms with Crippen molar-refractivity contribution in [3.8, 4) is 11.5 Å². The molecule has 0 aliphatic rings. The number of carbonyl (C=O) groups is 2. The topological polar surface area (TPSA) is 114 Å². The molecule has 0 saturated heterocycles. The van der Waals surface area contributed by atoms with E-state index in [2.05, 4.69) is 5.32 Å². The predicted molar refractivity (Wildman–Crippen MR) is 144 cm³/mol. The lowest BCUT2D eigenvalue weighted by Crippen LogP contribution is -2.45. The summed E-state index contributed by atoms with van der Waals surface area (Å²) in [5.74, 6) is -0.676. The van der Waals surface area contributed by atoms with Gasteiger partial charge in [-0.2, -0.15) is 0 Å². The van der Waals surface area contributed by atoms with Crippen LogP contribution in [-0.2, 0) is 29.4 Å². The molecule has 0 aromatic heterocycles. The molecule has 3 N–H and O–H groups in total. The lowest BCUT2D eigenvalue weighted by molar-refractivity contribution is -0.142. The molecular formula is C31H29NO7. The zero-order valence-electron chi connectivity index (χ0n) is 21.1. The van der Waals surface area contributed by atoms with Gasteiger partial charge in [0.25, 0.3) is 0 Å². The van der Waals surface area contributed by atoms with Crippen molar-refractivity contribution in [3.63, 3.8) is 0 Å². The molecule has 0 bridgehead atoms. The highest BCUT2D eigenvalue weighted by Gasteiger charge is 2.31. The minimum Gasteiger partial charge on any atom is -0.485 e. The largest absolute Gasteiger partial charge is 0.485 e. The van der Waals surface area contributed by atoms with Crippen LogP contribution >= 0.6 is 0 Å². The molecule has 2 atom stereocenters. The average molecular weight is 528 g/mol. The van der Waals surface area contributed by atoms with Gasteiger partial charge in [0.2, 0.25) is 0 Å². The maximum absolute atomic E-state index is 12.3. The summed E-state index contributed by atoms with van der Waals surface area (Å²) in [7, 11) is 0. The van der Waals surface area contributed by atoms with E-state index in [-0.39, 0.29) is 25.4 Å². The fourth-order valence-electron chi connectivity index (χ4n) is 3.77. The fourth-order valence-corrected chi connectivity index (χ4v) is 3.77. The van der Waals surface area contributed by atoms with E-state index >= 15 is 0 Å². The second kappa shape index (κ2) is 13.6. The Balaban J connectivity index is 1.49. The summed E-state index contributed by atoms with van der Waals surface area (Å²) < 4.78 is 17.1. The van der Waals surface area contributed by atoms with E-state index in [9.17, 15) is 19.8 Å². The molecule has 0 spiro atoms. The molecular weight excluding hydrogens is 498 g/mol. The van der Waals surface area contributed by atoms with Crippen molar-refractivity contribution >= 4 is 12.1 Å². The third-order valence-electron chi connectivity index (χ3n) is 5.85. The molecule has 4 aromatic rings. The van der Waals surface area contributed by atoms with E-state index in [1.54, 1.807) is 30.3 Å². The number of hydrogen-bond acceptors (Lipinski definition) is 6. The first-order chi connectivity index (χ1) is 19.0. The number of aliphatic hydroxyl groups is 1. The molecule has 0 radical (unpaired) electrons. The summed E-state index contributed by atoms with van der Waals surface area (Å²) in [5, 5.41) is 22.9. The van der Waals surface area contributed by atoms with Crippen LogP contribution in [0.2, 0.25) is 0 Å². The Morgan fingerprint density at radius 3 is 1.67 bits per heavy atom. The summed E-state index contributed by atoms with van der Waals surface area (Å²) in [6.07, 6.45) is -2.55. The molecule has 0 fully saturated rings. The second-order valence-electron chi connectivity index (χ2n) is 8.72. The van der Waals surface area contributed by atoms with Crippen molar-refractivity contribution in [2.45, 2.75) is 32.0 Å². The number of hydrogen-bond donors (Lipinski definition) is 3. The normalized spacial score (nSPS) is 12.1. The third kappa shape index (κ3) is 8.08. The van der Waals surface area contributed by atoms with Crippen LogP contribution in [0.15, 0.2) is 109 Å². The zero-order chi connectivity index (χ0) is 27.5. The molecule has 0 aliphatic heterocycles. The highest BCUT2D eigenvalue weighted by atomic mass is 16.5. The minimum absolute atomic E-state index is 0.0416. The Hall–Kier alpha value is -4.82. The van der Waals surface area contributed by atoms with Crippen molar-refractivity contribution in [2.75, 3.05) is 0 Å². The average Bonchev–Trinajstić information content (AvgIpc) is 2.98. The highest BCUT2D eigenvalue weighted by Crippen LogP contribution is 2.33. The van der Waals surface area contributed by atoms with Crippen LogP contribution in [0.1, 0.15) is 28.4 Å². The first-order valence-corrected chi connectivity index (χ1v) is 12.3. The highest BCUT2D eigenvalue weighted by molar-refractivity contribution is 5.80. The van der Waals surface area contributed by atoms with Crippen LogP contribution in [0.5, 0.6) is 11.5 Å². The molecule has 8 nitrogen and oxygen atoms in total. The van der Waals surface area contributed by atoms with Gasteiger partial charge in [0.1, 0.15) is 25.9 Å². The molecule has 39 heavy (non-hydrogen) atoms. The number of rotatable bonds is 12. The maximum Gasteiger partial charge on any atom is 0.408 e. The number of alkyl carbamates (subject to hydrolysis) is 1. The lowest BCUT2D eigenvalue weighted by atomic mass is 10.0. The van der Waals surface area contributed by atoms with Gasteiger partial charge in [0.15, 0.2) is 17.5 Å². The Labute approximate surface area is 226 Å². The molecule has 4 rings (SSSR count).